The number of carbonyl (C=O) groups is 1. The molecule has 5 heteroatoms. The number of aromatic carboxylic acids is 1. The smallest absolute Gasteiger partial charge is 0.335 e. The molecule has 0 aliphatic heterocycles. The summed E-state index contributed by atoms with van der Waals surface area (Å²) in [7, 11) is 1.62. The molecule has 0 saturated heterocycles. The Hall–Kier alpha value is -2.82. The zero-order chi connectivity index (χ0) is 16.1. The third-order valence-electron chi connectivity index (χ3n) is 3.23. The Morgan fingerprint density at radius 3 is 2.45 bits per heavy atom. The van der Waals surface area contributed by atoms with Crippen molar-refractivity contribution in [1.82, 2.24) is 0 Å². The van der Waals surface area contributed by atoms with E-state index in [0.717, 1.165) is 28.3 Å². The molecule has 0 bridgehead atoms. The molecule has 2 rings (SSSR count). The van der Waals surface area contributed by atoms with Crippen LogP contribution in [0.3, 0.4) is 0 Å². The van der Waals surface area contributed by atoms with Crippen LogP contribution in [-0.2, 0) is 0 Å². The van der Waals surface area contributed by atoms with Gasteiger partial charge in [0.15, 0.2) is 0 Å². The second kappa shape index (κ2) is 6.76. The molecule has 0 spiro atoms. The van der Waals surface area contributed by atoms with Crippen molar-refractivity contribution in [3.8, 4) is 5.75 Å². The van der Waals surface area contributed by atoms with E-state index in [2.05, 4.69) is 10.5 Å². The van der Waals surface area contributed by atoms with E-state index in [4.69, 9.17) is 9.84 Å². The average molecular weight is 298 g/mol. The Labute approximate surface area is 129 Å². The lowest BCUT2D eigenvalue weighted by Crippen LogP contribution is -2.03. The number of benzene rings is 2. The van der Waals surface area contributed by atoms with Crippen LogP contribution in [0.5, 0.6) is 5.75 Å². The van der Waals surface area contributed by atoms with Crippen LogP contribution in [0.1, 0.15) is 28.4 Å². The molecular weight excluding hydrogens is 280 g/mol. The summed E-state index contributed by atoms with van der Waals surface area (Å²) in [5.74, 6) is -0.189. The molecule has 0 saturated carbocycles. The average Bonchev–Trinajstić information content (AvgIpc) is 2.53. The van der Waals surface area contributed by atoms with Gasteiger partial charge >= 0.3 is 5.97 Å². The lowest BCUT2D eigenvalue weighted by molar-refractivity contribution is 0.0697. The highest BCUT2D eigenvalue weighted by Gasteiger charge is 2.07. The fraction of sp³-hybridized carbons (Fsp3) is 0.176. The molecule has 0 fully saturated rings. The molecule has 2 aromatic carbocycles. The first-order chi connectivity index (χ1) is 10.5. The van der Waals surface area contributed by atoms with Gasteiger partial charge in [-0.25, -0.2) is 4.79 Å². The SMILES string of the molecule is COc1ccc(C)cc1/C(C)=N/Nc1ccc(C(=O)O)cc1. The molecule has 5 nitrogen and oxygen atoms in total. The lowest BCUT2D eigenvalue weighted by Gasteiger charge is -2.09. The molecule has 0 amide bonds. The summed E-state index contributed by atoms with van der Waals surface area (Å²) in [5, 5.41) is 13.2. The maximum atomic E-state index is 10.8. The number of nitrogens with one attached hydrogen (secondary N) is 1. The molecule has 0 heterocycles. The molecule has 0 radical (unpaired) electrons. The molecule has 0 aliphatic rings. The van der Waals surface area contributed by atoms with E-state index in [1.54, 1.807) is 19.2 Å². The van der Waals surface area contributed by atoms with Crippen molar-refractivity contribution in [3.63, 3.8) is 0 Å². The number of anilines is 1. The first-order valence-corrected chi connectivity index (χ1v) is 6.80. The van der Waals surface area contributed by atoms with Gasteiger partial charge in [-0.2, -0.15) is 5.10 Å². The van der Waals surface area contributed by atoms with Crippen LogP contribution >= 0.6 is 0 Å². The second-order valence-corrected chi connectivity index (χ2v) is 4.90. The summed E-state index contributed by atoms with van der Waals surface area (Å²) in [4.78, 5) is 10.8. The summed E-state index contributed by atoms with van der Waals surface area (Å²) in [5.41, 5.74) is 6.70. The minimum absolute atomic E-state index is 0.242. The van der Waals surface area contributed by atoms with E-state index in [9.17, 15) is 4.79 Å². The van der Waals surface area contributed by atoms with E-state index in [1.165, 1.54) is 12.1 Å². The first-order valence-electron chi connectivity index (χ1n) is 6.80. The van der Waals surface area contributed by atoms with Crippen LogP contribution in [0, 0.1) is 6.92 Å². The number of rotatable bonds is 5. The Balaban J connectivity index is 2.19. The standard InChI is InChI=1S/C17H18N2O3/c1-11-4-9-16(22-3)15(10-11)12(2)18-19-14-7-5-13(6-8-14)17(20)21/h4-10,19H,1-3H3,(H,20,21)/b18-12+. The van der Waals surface area contributed by atoms with Crippen LogP contribution in [0.25, 0.3) is 0 Å². The van der Waals surface area contributed by atoms with E-state index in [0.29, 0.717) is 0 Å². The van der Waals surface area contributed by atoms with Crippen LogP contribution in [-0.4, -0.2) is 23.9 Å². The number of nitrogens with zero attached hydrogens (tertiary/aromatic N) is 1. The molecule has 22 heavy (non-hydrogen) atoms. The van der Waals surface area contributed by atoms with Gasteiger partial charge in [-0.05, 0) is 50.2 Å². The summed E-state index contributed by atoms with van der Waals surface area (Å²) in [6.07, 6.45) is 0. The molecule has 0 aliphatic carbocycles. The number of ether oxygens (including phenoxy) is 1. The van der Waals surface area contributed by atoms with Gasteiger partial charge in [0.05, 0.1) is 24.1 Å². The highest BCUT2D eigenvalue weighted by molar-refractivity contribution is 6.01. The molecule has 2 N–H and O–H groups in total. The number of methoxy groups -OCH3 is 1. The number of carboxylic acids is 1. The minimum atomic E-state index is -0.948. The summed E-state index contributed by atoms with van der Waals surface area (Å²) in [6, 6.07) is 12.3. The number of aryl methyl sites for hydroxylation is 1. The fourth-order valence-electron chi connectivity index (χ4n) is 2.00. The van der Waals surface area contributed by atoms with Crippen molar-refractivity contribution < 1.29 is 14.6 Å². The van der Waals surface area contributed by atoms with Gasteiger partial charge in [0.1, 0.15) is 5.75 Å². The van der Waals surface area contributed by atoms with Gasteiger partial charge in [-0.1, -0.05) is 11.6 Å². The van der Waals surface area contributed by atoms with Crippen molar-refractivity contribution in [2.45, 2.75) is 13.8 Å². The molecule has 0 unspecified atom stereocenters. The monoisotopic (exact) mass is 298 g/mol. The normalized spacial score (nSPS) is 11.1. The van der Waals surface area contributed by atoms with E-state index >= 15 is 0 Å². The highest BCUT2D eigenvalue weighted by atomic mass is 16.5. The third-order valence-corrected chi connectivity index (χ3v) is 3.23. The lowest BCUT2D eigenvalue weighted by atomic mass is 10.1. The predicted octanol–water partition coefficient (Wildman–Crippen LogP) is 3.54. The van der Waals surface area contributed by atoms with Crippen molar-refractivity contribution in [3.05, 3.63) is 59.2 Å². The first kappa shape index (κ1) is 15.6. The largest absolute Gasteiger partial charge is 0.496 e. The number of hydrogen-bond donors (Lipinski definition) is 2. The molecule has 114 valence electrons. The van der Waals surface area contributed by atoms with Crippen LogP contribution in [0.15, 0.2) is 47.6 Å². The van der Waals surface area contributed by atoms with Crippen LogP contribution in [0.4, 0.5) is 5.69 Å². The Kier molecular flexibility index (Phi) is 4.78. The predicted molar refractivity (Wildman–Crippen MR) is 87.0 cm³/mol. The molecule has 0 atom stereocenters. The Bertz CT molecular complexity index is 706. The number of carboxylic acid groups (broad SMARTS) is 1. The van der Waals surface area contributed by atoms with Crippen molar-refractivity contribution >= 4 is 17.4 Å². The topological polar surface area (TPSA) is 70.9 Å². The molecule has 0 aromatic heterocycles. The van der Waals surface area contributed by atoms with Gasteiger partial charge in [0.2, 0.25) is 0 Å². The van der Waals surface area contributed by atoms with Crippen LogP contribution in [0.2, 0.25) is 0 Å². The third kappa shape index (κ3) is 3.63. The molecular formula is C17H18N2O3. The minimum Gasteiger partial charge on any atom is -0.496 e. The Morgan fingerprint density at radius 2 is 1.86 bits per heavy atom. The number of hydrazone groups is 1. The van der Waals surface area contributed by atoms with E-state index in [-0.39, 0.29) is 5.56 Å². The van der Waals surface area contributed by atoms with Crippen molar-refractivity contribution in [1.29, 1.82) is 0 Å². The van der Waals surface area contributed by atoms with Gasteiger partial charge in [-0.3, -0.25) is 5.43 Å². The van der Waals surface area contributed by atoms with Gasteiger partial charge < -0.3 is 9.84 Å². The van der Waals surface area contributed by atoms with Crippen molar-refractivity contribution in [2.24, 2.45) is 5.10 Å². The van der Waals surface area contributed by atoms with Crippen LogP contribution < -0.4 is 10.2 Å². The van der Waals surface area contributed by atoms with Gasteiger partial charge in [0.25, 0.3) is 0 Å². The molecule has 2 aromatic rings. The maximum Gasteiger partial charge on any atom is 0.335 e. The summed E-state index contributed by atoms with van der Waals surface area (Å²) in [6.45, 7) is 3.89. The maximum absolute atomic E-state index is 10.8. The Morgan fingerprint density at radius 1 is 1.18 bits per heavy atom. The van der Waals surface area contributed by atoms with E-state index in [1.807, 2.05) is 32.0 Å². The second-order valence-electron chi connectivity index (χ2n) is 4.90. The summed E-state index contributed by atoms with van der Waals surface area (Å²) < 4.78 is 5.34. The van der Waals surface area contributed by atoms with Crippen molar-refractivity contribution in [2.75, 3.05) is 12.5 Å². The van der Waals surface area contributed by atoms with Gasteiger partial charge in [0, 0.05) is 5.56 Å². The fourth-order valence-corrected chi connectivity index (χ4v) is 2.00. The zero-order valence-corrected chi connectivity index (χ0v) is 12.8. The zero-order valence-electron chi connectivity index (χ0n) is 12.8. The van der Waals surface area contributed by atoms with E-state index < -0.39 is 5.97 Å². The highest BCUT2D eigenvalue weighted by Crippen LogP contribution is 2.20. The summed E-state index contributed by atoms with van der Waals surface area (Å²) >= 11 is 0. The quantitative estimate of drug-likeness (QED) is 0.654. The van der Waals surface area contributed by atoms with Gasteiger partial charge in [-0.15, -0.1) is 0 Å². The number of hydrogen-bond acceptors (Lipinski definition) is 4.